The number of rotatable bonds is 7. The number of aliphatic hydroxyl groups excluding tert-OH is 1. The lowest BCUT2D eigenvalue weighted by Gasteiger charge is -2.28. The molecule has 12 heteroatoms. The molecule has 1 aromatic carbocycles. The second kappa shape index (κ2) is 10.3. The first-order chi connectivity index (χ1) is 15.0. The average Bonchev–Trinajstić information content (AvgIpc) is 2.78. The Kier molecular flexibility index (Phi) is 7.44. The molecule has 1 saturated heterocycles. The molecule has 0 radical (unpaired) electrons. The Labute approximate surface area is 196 Å². The van der Waals surface area contributed by atoms with Crippen LogP contribution in [0.1, 0.15) is 5.56 Å². The number of aliphatic hydroxyl groups is 1. The fourth-order valence-corrected chi connectivity index (χ4v) is 5.37. The predicted octanol–water partition coefficient (Wildman–Crippen LogP) is 2.99. The zero-order valence-corrected chi connectivity index (χ0v) is 19.6. The van der Waals surface area contributed by atoms with Crippen LogP contribution in [-0.4, -0.2) is 67.0 Å². The molecule has 0 spiro atoms. The third-order valence-electron chi connectivity index (χ3n) is 4.66. The molecule has 31 heavy (non-hydrogen) atoms. The molecule has 1 aliphatic rings. The molecule has 1 aliphatic heterocycles. The molecule has 164 valence electrons. The maximum atomic E-state index is 11.8. The Hall–Kier alpha value is -1.72. The molecule has 1 fully saturated rings. The first kappa shape index (κ1) is 22.5. The summed E-state index contributed by atoms with van der Waals surface area (Å²) in [5.74, 6) is 2.89. The number of thioether (sulfide) groups is 1. The maximum Gasteiger partial charge on any atom is 0.225 e. The van der Waals surface area contributed by atoms with Crippen LogP contribution in [0.4, 0.5) is 11.8 Å². The van der Waals surface area contributed by atoms with E-state index in [-0.39, 0.29) is 6.61 Å². The van der Waals surface area contributed by atoms with Crippen molar-refractivity contribution in [2.45, 2.75) is 10.8 Å². The number of nitrogens with one attached hydrogen (secondary N) is 1. The van der Waals surface area contributed by atoms with E-state index in [0.717, 1.165) is 5.56 Å². The summed E-state index contributed by atoms with van der Waals surface area (Å²) < 4.78 is 11.8. The molecular formula is C19H20Cl2N6O2S2. The van der Waals surface area contributed by atoms with E-state index in [9.17, 15) is 9.32 Å². The van der Waals surface area contributed by atoms with Gasteiger partial charge in [-0.15, -0.1) is 0 Å². The summed E-state index contributed by atoms with van der Waals surface area (Å²) in [6.45, 7) is 1.56. The zero-order valence-electron chi connectivity index (χ0n) is 16.4. The van der Waals surface area contributed by atoms with Gasteiger partial charge in [0.2, 0.25) is 5.95 Å². The average molecular weight is 499 g/mol. The van der Waals surface area contributed by atoms with E-state index in [0.29, 0.717) is 74.8 Å². The lowest BCUT2D eigenvalue weighted by Crippen LogP contribution is -2.38. The standard InChI is InChI=1S/C19H20Cl2N6O2S2/c20-13-2-1-12(9-14(13)21)10-30-18-16-15(23-11-24-18)17(26-19(25-16)22-3-6-28)27-4-7-31(29)8-5-27/h1-2,9,11,28H,3-8,10H2,(H,22,25,26). The minimum atomic E-state index is -0.802. The van der Waals surface area contributed by atoms with Gasteiger partial charge in [-0.1, -0.05) is 41.0 Å². The van der Waals surface area contributed by atoms with Crippen molar-refractivity contribution >= 4 is 68.6 Å². The molecule has 4 rings (SSSR count). The van der Waals surface area contributed by atoms with Crippen LogP contribution in [0.15, 0.2) is 29.6 Å². The van der Waals surface area contributed by atoms with Gasteiger partial charge >= 0.3 is 0 Å². The van der Waals surface area contributed by atoms with Gasteiger partial charge < -0.3 is 15.3 Å². The number of halogens is 2. The van der Waals surface area contributed by atoms with E-state index in [4.69, 9.17) is 23.2 Å². The van der Waals surface area contributed by atoms with Crippen LogP contribution in [0.5, 0.6) is 0 Å². The first-order valence-corrected chi connectivity index (χ1v) is 12.8. The summed E-state index contributed by atoms with van der Waals surface area (Å²) >= 11 is 13.7. The molecule has 0 unspecified atom stereocenters. The molecule has 0 bridgehead atoms. The van der Waals surface area contributed by atoms with Crippen molar-refractivity contribution in [3.8, 4) is 0 Å². The highest BCUT2D eigenvalue weighted by atomic mass is 35.5. The molecule has 0 amide bonds. The van der Waals surface area contributed by atoms with Gasteiger partial charge in [0.15, 0.2) is 5.82 Å². The maximum absolute atomic E-state index is 11.8. The molecular weight excluding hydrogens is 479 g/mol. The number of fused-ring (bicyclic) bond motifs is 1. The summed E-state index contributed by atoms with van der Waals surface area (Å²) in [5.41, 5.74) is 2.29. The smallest absolute Gasteiger partial charge is 0.225 e. The van der Waals surface area contributed by atoms with Gasteiger partial charge in [-0.3, -0.25) is 4.21 Å². The van der Waals surface area contributed by atoms with Crippen molar-refractivity contribution < 1.29 is 9.32 Å². The van der Waals surface area contributed by atoms with E-state index in [2.05, 4.69) is 30.2 Å². The molecule has 2 aromatic heterocycles. The molecule has 3 heterocycles. The zero-order chi connectivity index (χ0) is 21.8. The van der Waals surface area contributed by atoms with E-state index in [1.54, 1.807) is 6.07 Å². The summed E-state index contributed by atoms with van der Waals surface area (Å²) in [4.78, 5) is 20.2. The summed E-state index contributed by atoms with van der Waals surface area (Å²) in [6.07, 6.45) is 1.51. The van der Waals surface area contributed by atoms with Gasteiger partial charge in [-0.2, -0.15) is 4.98 Å². The third-order valence-corrected chi connectivity index (χ3v) is 7.73. The molecule has 8 nitrogen and oxygen atoms in total. The molecule has 0 aliphatic carbocycles. The predicted molar refractivity (Wildman–Crippen MR) is 127 cm³/mol. The van der Waals surface area contributed by atoms with Crippen molar-refractivity contribution in [2.75, 3.05) is 48.0 Å². The Morgan fingerprint density at radius 2 is 1.94 bits per heavy atom. The lowest BCUT2D eigenvalue weighted by atomic mass is 10.2. The van der Waals surface area contributed by atoms with Gasteiger partial charge in [0.05, 0.1) is 16.7 Å². The number of aromatic nitrogens is 4. The summed E-state index contributed by atoms with van der Waals surface area (Å²) in [5, 5.41) is 14.0. The van der Waals surface area contributed by atoms with Crippen molar-refractivity contribution in [3.63, 3.8) is 0 Å². The van der Waals surface area contributed by atoms with Gasteiger partial charge in [0.1, 0.15) is 22.4 Å². The lowest BCUT2D eigenvalue weighted by molar-refractivity contribution is 0.311. The van der Waals surface area contributed by atoms with Crippen LogP contribution >= 0.6 is 35.0 Å². The van der Waals surface area contributed by atoms with Crippen molar-refractivity contribution in [2.24, 2.45) is 0 Å². The Balaban J connectivity index is 1.69. The topological polar surface area (TPSA) is 104 Å². The van der Waals surface area contributed by atoms with E-state index >= 15 is 0 Å². The van der Waals surface area contributed by atoms with E-state index in [1.807, 2.05) is 12.1 Å². The van der Waals surface area contributed by atoms with Crippen LogP contribution < -0.4 is 10.2 Å². The number of hydrogen-bond donors (Lipinski definition) is 2. The minimum absolute atomic E-state index is 0.0380. The van der Waals surface area contributed by atoms with Gasteiger partial charge in [-0.25, -0.2) is 15.0 Å². The van der Waals surface area contributed by atoms with E-state index in [1.165, 1.54) is 18.1 Å². The Bertz CT molecular complexity index is 1110. The Morgan fingerprint density at radius 3 is 2.68 bits per heavy atom. The second-order valence-corrected chi connectivity index (χ2v) is 10.2. The number of anilines is 2. The quantitative estimate of drug-likeness (QED) is 0.375. The van der Waals surface area contributed by atoms with Crippen LogP contribution in [0.2, 0.25) is 10.0 Å². The monoisotopic (exact) mass is 498 g/mol. The SMILES string of the molecule is O=S1CCN(c2nc(NCCO)nc3c(SCc4ccc(Cl)c(Cl)c4)ncnc23)CC1. The molecule has 3 aromatic rings. The van der Waals surface area contributed by atoms with Crippen LogP contribution in [0, 0.1) is 0 Å². The second-order valence-electron chi connectivity index (χ2n) is 6.77. The number of hydrogen-bond acceptors (Lipinski definition) is 9. The van der Waals surface area contributed by atoms with Crippen LogP contribution in [0.25, 0.3) is 11.0 Å². The van der Waals surface area contributed by atoms with Crippen molar-refractivity contribution in [3.05, 3.63) is 40.1 Å². The molecule has 0 atom stereocenters. The molecule has 0 saturated carbocycles. The summed E-state index contributed by atoms with van der Waals surface area (Å²) in [6, 6.07) is 5.53. The van der Waals surface area contributed by atoms with Crippen molar-refractivity contribution in [1.29, 1.82) is 0 Å². The first-order valence-electron chi connectivity index (χ1n) is 9.59. The minimum Gasteiger partial charge on any atom is -0.395 e. The third kappa shape index (κ3) is 5.38. The molecule has 2 N–H and O–H groups in total. The van der Waals surface area contributed by atoms with Gasteiger partial charge in [-0.05, 0) is 17.7 Å². The fourth-order valence-electron chi connectivity index (χ4n) is 3.11. The normalized spacial score (nSPS) is 14.9. The largest absolute Gasteiger partial charge is 0.395 e. The fraction of sp³-hybridized carbons (Fsp3) is 0.368. The summed E-state index contributed by atoms with van der Waals surface area (Å²) in [7, 11) is -0.802. The van der Waals surface area contributed by atoms with Crippen LogP contribution in [-0.2, 0) is 16.6 Å². The highest BCUT2D eigenvalue weighted by Gasteiger charge is 2.22. The van der Waals surface area contributed by atoms with Crippen molar-refractivity contribution in [1.82, 2.24) is 19.9 Å². The number of nitrogens with zero attached hydrogens (tertiary/aromatic N) is 5. The van der Waals surface area contributed by atoms with Gasteiger partial charge in [0, 0.05) is 47.7 Å². The number of benzene rings is 1. The highest BCUT2D eigenvalue weighted by Crippen LogP contribution is 2.32. The van der Waals surface area contributed by atoms with Crippen LogP contribution in [0.3, 0.4) is 0 Å². The Morgan fingerprint density at radius 1 is 1.13 bits per heavy atom. The van der Waals surface area contributed by atoms with Gasteiger partial charge in [0.25, 0.3) is 0 Å². The van der Waals surface area contributed by atoms with E-state index < -0.39 is 10.8 Å². The highest BCUT2D eigenvalue weighted by molar-refractivity contribution is 7.98.